The fourth-order valence-corrected chi connectivity index (χ4v) is 3.26. The maximum absolute atomic E-state index is 13.8. The number of rotatable bonds is 4. The van der Waals surface area contributed by atoms with E-state index in [0.717, 1.165) is 4.68 Å². The molecule has 0 bridgehead atoms. The molecule has 0 radical (unpaired) electrons. The van der Waals surface area contributed by atoms with E-state index in [1.54, 1.807) is 31.1 Å². The fourth-order valence-electron chi connectivity index (χ4n) is 2.40. The summed E-state index contributed by atoms with van der Waals surface area (Å²) >= 11 is 9.32. The maximum atomic E-state index is 13.8. The van der Waals surface area contributed by atoms with E-state index in [-0.39, 0.29) is 27.9 Å². The van der Waals surface area contributed by atoms with Crippen molar-refractivity contribution in [2.24, 2.45) is 4.99 Å². The molecular formula is C17H13BrClF3N6. The van der Waals surface area contributed by atoms with Crippen LogP contribution in [0.3, 0.4) is 0 Å². The van der Waals surface area contributed by atoms with Crippen molar-refractivity contribution >= 4 is 39.7 Å². The zero-order valence-electron chi connectivity index (χ0n) is 14.6. The molecule has 146 valence electrons. The van der Waals surface area contributed by atoms with Crippen molar-refractivity contribution in [3.05, 3.63) is 51.8 Å². The second-order valence-electron chi connectivity index (χ2n) is 5.87. The predicted octanol–water partition coefficient (Wildman–Crippen LogP) is 4.99. The monoisotopic (exact) mass is 472 g/mol. The molecule has 0 amide bonds. The van der Waals surface area contributed by atoms with E-state index in [4.69, 9.17) is 11.6 Å². The summed E-state index contributed by atoms with van der Waals surface area (Å²) in [5.41, 5.74) is -1.12. The zero-order chi connectivity index (χ0) is 20.5. The Bertz CT molecular complexity index is 997. The minimum Gasteiger partial charge on any atom is -0.369 e. The Hall–Kier alpha value is -2.46. The molecule has 0 saturated carbocycles. The molecule has 3 rings (SSSR count). The third-order valence-electron chi connectivity index (χ3n) is 3.43. The molecule has 3 aromatic rings. The topological polar surface area (TPSA) is 59.2 Å². The normalized spacial score (nSPS) is 12.0. The van der Waals surface area contributed by atoms with Gasteiger partial charge in [0.1, 0.15) is 0 Å². The van der Waals surface area contributed by atoms with Crippen molar-refractivity contribution in [2.45, 2.75) is 6.18 Å². The molecule has 0 aliphatic rings. The van der Waals surface area contributed by atoms with Crippen LogP contribution in [0.4, 0.5) is 19.0 Å². The van der Waals surface area contributed by atoms with E-state index >= 15 is 0 Å². The van der Waals surface area contributed by atoms with Crippen LogP contribution in [0, 0.1) is 0 Å². The summed E-state index contributed by atoms with van der Waals surface area (Å²) < 4.78 is 42.9. The molecule has 0 saturated heterocycles. The average Bonchev–Trinajstić information content (AvgIpc) is 2.99. The van der Waals surface area contributed by atoms with E-state index in [2.05, 4.69) is 36.0 Å². The van der Waals surface area contributed by atoms with Crippen molar-refractivity contribution in [3.8, 4) is 17.1 Å². The summed E-state index contributed by atoms with van der Waals surface area (Å²) in [6.07, 6.45) is -0.537. The summed E-state index contributed by atoms with van der Waals surface area (Å²) in [5.74, 6) is -0.104. The zero-order valence-corrected chi connectivity index (χ0v) is 17.0. The Labute approximate surface area is 171 Å². The predicted molar refractivity (Wildman–Crippen MR) is 104 cm³/mol. The molecular weight excluding hydrogens is 461 g/mol. The lowest BCUT2D eigenvalue weighted by molar-refractivity contribution is -0.140. The summed E-state index contributed by atoms with van der Waals surface area (Å²) in [6, 6.07) is 6.06. The van der Waals surface area contributed by atoms with Crippen molar-refractivity contribution in [1.82, 2.24) is 24.6 Å². The van der Waals surface area contributed by atoms with Gasteiger partial charge in [0.05, 0.1) is 11.9 Å². The van der Waals surface area contributed by atoms with Gasteiger partial charge in [-0.05, 0) is 29.8 Å². The van der Waals surface area contributed by atoms with E-state index < -0.39 is 11.9 Å². The van der Waals surface area contributed by atoms with E-state index in [9.17, 15) is 13.2 Å². The van der Waals surface area contributed by atoms with Crippen molar-refractivity contribution in [1.29, 1.82) is 0 Å². The smallest absolute Gasteiger partial charge is 0.369 e. The van der Waals surface area contributed by atoms with Crippen LogP contribution in [0.15, 0.2) is 46.1 Å². The maximum Gasteiger partial charge on any atom is 0.435 e. The summed E-state index contributed by atoms with van der Waals surface area (Å²) in [5, 5.41) is 4.01. The van der Waals surface area contributed by atoms with E-state index in [0.29, 0.717) is 4.47 Å². The summed E-state index contributed by atoms with van der Waals surface area (Å²) in [6.45, 7) is 0. The number of hydrogen-bond acceptors (Lipinski definition) is 4. The minimum absolute atomic E-state index is 0.0359. The highest BCUT2D eigenvalue weighted by Gasteiger charge is 2.40. The Morgan fingerprint density at radius 3 is 2.43 bits per heavy atom. The average molecular weight is 474 g/mol. The minimum atomic E-state index is -4.73. The van der Waals surface area contributed by atoms with Crippen LogP contribution in [-0.4, -0.2) is 45.1 Å². The van der Waals surface area contributed by atoms with Crippen LogP contribution >= 0.6 is 27.5 Å². The van der Waals surface area contributed by atoms with Gasteiger partial charge in [0.25, 0.3) is 5.95 Å². The number of aliphatic imine (C=N–C) groups is 1. The molecule has 0 unspecified atom stereocenters. The van der Waals surface area contributed by atoms with Crippen LogP contribution in [0.1, 0.15) is 5.69 Å². The van der Waals surface area contributed by atoms with Crippen LogP contribution in [0.2, 0.25) is 5.02 Å². The van der Waals surface area contributed by atoms with Crippen LogP contribution < -0.4 is 0 Å². The van der Waals surface area contributed by atoms with E-state index in [1.807, 2.05) is 0 Å². The van der Waals surface area contributed by atoms with Crippen LogP contribution in [-0.2, 0) is 6.18 Å². The Morgan fingerprint density at radius 1 is 1.18 bits per heavy atom. The number of benzene rings is 1. The molecule has 0 N–H and O–H groups in total. The number of nitrogens with zero attached hydrogens (tertiary/aromatic N) is 6. The molecule has 0 aliphatic heterocycles. The highest BCUT2D eigenvalue weighted by Crippen LogP contribution is 2.43. The molecule has 0 aliphatic carbocycles. The molecule has 28 heavy (non-hydrogen) atoms. The van der Waals surface area contributed by atoms with Crippen molar-refractivity contribution < 1.29 is 13.2 Å². The number of halogens is 5. The standard InChI is InChI=1S/C17H13BrClF3N6/c1-27(2)9-25-15-13(10-6-11(18)8-12(19)7-10)14(17(20,21)22)26-28(15)16-23-4-3-5-24-16/h3-9H,1-2H3/b25-9+. The first-order chi connectivity index (χ1) is 13.2. The first-order valence-electron chi connectivity index (χ1n) is 7.81. The van der Waals surface area contributed by atoms with Gasteiger partial charge in [0.15, 0.2) is 11.5 Å². The van der Waals surface area contributed by atoms with Gasteiger partial charge in [0.2, 0.25) is 0 Å². The largest absolute Gasteiger partial charge is 0.435 e. The Balaban J connectivity index is 2.38. The molecule has 11 heteroatoms. The number of hydrogen-bond donors (Lipinski definition) is 0. The van der Waals surface area contributed by atoms with Gasteiger partial charge in [-0.25, -0.2) is 15.0 Å². The summed E-state index contributed by atoms with van der Waals surface area (Å²) in [7, 11) is 3.40. The molecule has 0 atom stereocenters. The number of aromatic nitrogens is 4. The van der Waals surface area contributed by atoms with Gasteiger partial charge in [0, 0.05) is 36.0 Å². The first-order valence-corrected chi connectivity index (χ1v) is 8.98. The third kappa shape index (κ3) is 4.33. The SMILES string of the molecule is CN(C)/C=N/c1c(-c2cc(Cl)cc(Br)c2)c(C(F)(F)F)nn1-c1ncccn1. The summed E-state index contributed by atoms with van der Waals surface area (Å²) in [4.78, 5) is 13.8. The number of alkyl halides is 3. The Kier molecular flexibility index (Phi) is 5.71. The van der Waals surface area contributed by atoms with Crippen LogP contribution in [0.25, 0.3) is 17.1 Å². The lowest BCUT2D eigenvalue weighted by atomic mass is 10.1. The second kappa shape index (κ2) is 7.88. The molecule has 6 nitrogen and oxygen atoms in total. The van der Waals surface area contributed by atoms with Gasteiger partial charge in [-0.1, -0.05) is 27.5 Å². The Morgan fingerprint density at radius 2 is 1.86 bits per heavy atom. The van der Waals surface area contributed by atoms with Crippen LogP contribution in [0.5, 0.6) is 0 Å². The molecule has 2 aromatic heterocycles. The van der Waals surface area contributed by atoms with Gasteiger partial charge >= 0.3 is 6.18 Å². The highest BCUT2D eigenvalue weighted by molar-refractivity contribution is 9.10. The fraction of sp³-hybridized carbons (Fsp3) is 0.176. The highest BCUT2D eigenvalue weighted by atomic mass is 79.9. The van der Waals surface area contributed by atoms with Crippen molar-refractivity contribution in [3.63, 3.8) is 0 Å². The van der Waals surface area contributed by atoms with Gasteiger partial charge < -0.3 is 4.90 Å². The molecule has 0 fully saturated rings. The van der Waals surface area contributed by atoms with Gasteiger partial charge in [-0.15, -0.1) is 0 Å². The van der Waals surface area contributed by atoms with Gasteiger partial charge in [-0.2, -0.15) is 23.0 Å². The van der Waals surface area contributed by atoms with Crippen molar-refractivity contribution in [2.75, 3.05) is 14.1 Å². The molecule has 1 aromatic carbocycles. The lowest BCUT2D eigenvalue weighted by Gasteiger charge is -2.09. The van der Waals surface area contributed by atoms with E-state index in [1.165, 1.54) is 30.9 Å². The molecule has 2 heterocycles. The van der Waals surface area contributed by atoms with Gasteiger partial charge in [-0.3, -0.25) is 0 Å². The second-order valence-corrected chi connectivity index (χ2v) is 7.22. The molecule has 0 spiro atoms. The third-order valence-corrected chi connectivity index (χ3v) is 4.11. The lowest BCUT2D eigenvalue weighted by Crippen LogP contribution is -2.09. The first kappa shape index (κ1) is 20.3. The quantitative estimate of drug-likeness (QED) is 0.396.